The second-order valence-corrected chi connectivity index (χ2v) is 9.62. The van der Waals surface area contributed by atoms with Crippen LogP contribution in [0.25, 0.3) is 0 Å². The van der Waals surface area contributed by atoms with Gasteiger partial charge < -0.3 is 5.32 Å². The summed E-state index contributed by atoms with van der Waals surface area (Å²) < 4.78 is 22.5. The third kappa shape index (κ3) is 4.97. The Morgan fingerprint density at radius 2 is 2.00 bits per heavy atom. The van der Waals surface area contributed by atoms with E-state index in [0.29, 0.717) is 13.0 Å². The first kappa shape index (κ1) is 16.8. The second kappa shape index (κ2) is 7.11. The Balaban J connectivity index is 1.76. The quantitative estimate of drug-likeness (QED) is 0.830. The van der Waals surface area contributed by atoms with Crippen LogP contribution in [0, 0.1) is 11.8 Å². The molecule has 1 fully saturated rings. The van der Waals surface area contributed by atoms with Gasteiger partial charge in [0.2, 0.25) is 5.91 Å². The van der Waals surface area contributed by atoms with Gasteiger partial charge in [0, 0.05) is 28.0 Å². The first-order chi connectivity index (χ1) is 9.86. The lowest BCUT2D eigenvalue weighted by Crippen LogP contribution is -2.34. The molecule has 1 saturated carbocycles. The largest absolute Gasteiger partial charge is 0.356 e. The van der Waals surface area contributed by atoms with Gasteiger partial charge in [-0.05, 0) is 50.2 Å². The van der Waals surface area contributed by atoms with Crippen molar-refractivity contribution in [1.82, 2.24) is 5.32 Å². The third-order valence-electron chi connectivity index (χ3n) is 3.93. The van der Waals surface area contributed by atoms with Gasteiger partial charge in [0.15, 0.2) is 0 Å². The number of nitrogens with one attached hydrogen (secondary N) is 1. The smallest absolute Gasteiger partial charge is 0.270 e. The molecule has 7 heteroatoms. The zero-order valence-electron chi connectivity index (χ0n) is 12.0. The Kier molecular flexibility index (Phi) is 5.68. The maximum atomic E-state index is 12.0. The van der Waals surface area contributed by atoms with Crippen molar-refractivity contribution in [1.29, 1.82) is 0 Å². The fourth-order valence-electron chi connectivity index (χ4n) is 2.60. The average Bonchev–Trinajstić information content (AvgIpc) is 2.88. The average molecular weight is 350 g/mol. The molecule has 0 aliphatic heterocycles. The van der Waals surface area contributed by atoms with Crippen molar-refractivity contribution in [2.75, 3.05) is 6.54 Å². The summed E-state index contributed by atoms with van der Waals surface area (Å²) in [6, 6.07) is 3.25. The molecule has 0 spiro atoms. The SMILES string of the molecule is CC1CCC(C(=O)NCCc2ccc(S(=O)(=O)Cl)s2)CC1. The van der Waals surface area contributed by atoms with E-state index in [1.807, 2.05) is 0 Å². The Morgan fingerprint density at radius 3 is 2.57 bits per heavy atom. The van der Waals surface area contributed by atoms with Crippen molar-refractivity contribution >= 4 is 37.0 Å². The Morgan fingerprint density at radius 1 is 1.33 bits per heavy atom. The molecule has 1 heterocycles. The van der Waals surface area contributed by atoms with Crippen LogP contribution in [0.15, 0.2) is 16.3 Å². The number of hydrogen-bond donors (Lipinski definition) is 1. The first-order valence-corrected chi connectivity index (χ1v) is 10.3. The van der Waals surface area contributed by atoms with E-state index in [-0.39, 0.29) is 16.0 Å². The standard InChI is InChI=1S/C14H20ClNO3S2/c1-10-2-4-11(5-3-10)14(17)16-9-8-12-6-7-13(20-12)21(15,18)19/h6-7,10-11H,2-5,8-9H2,1H3,(H,16,17). The Hall–Kier alpha value is -0.590. The summed E-state index contributed by atoms with van der Waals surface area (Å²) in [6.07, 6.45) is 4.83. The van der Waals surface area contributed by atoms with E-state index in [4.69, 9.17) is 10.7 Å². The number of thiophene rings is 1. The van der Waals surface area contributed by atoms with Gasteiger partial charge in [0.25, 0.3) is 9.05 Å². The maximum absolute atomic E-state index is 12.0. The molecule has 0 aromatic carbocycles. The number of rotatable bonds is 5. The van der Waals surface area contributed by atoms with E-state index < -0.39 is 9.05 Å². The monoisotopic (exact) mass is 349 g/mol. The molecule has 1 aliphatic carbocycles. The van der Waals surface area contributed by atoms with Gasteiger partial charge in [0.1, 0.15) is 4.21 Å². The summed E-state index contributed by atoms with van der Waals surface area (Å²) in [6.45, 7) is 2.76. The highest BCUT2D eigenvalue weighted by Crippen LogP contribution is 2.28. The van der Waals surface area contributed by atoms with Crippen LogP contribution in [0.3, 0.4) is 0 Å². The fraction of sp³-hybridized carbons (Fsp3) is 0.643. The van der Waals surface area contributed by atoms with Crippen LogP contribution in [-0.4, -0.2) is 20.9 Å². The summed E-state index contributed by atoms with van der Waals surface area (Å²) in [4.78, 5) is 12.9. The normalized spacial score (nSPS) is 23.0. The summed E-state index contributed by atoms with van der Waals surface area (Å²) in [5.41, 5.74) is 0. The van der Waals surface area contributed by atoms with Crippen LogP contribution in [-0.2, 0) is 20.3 Å². The van der Waals surface area contributed by atoms with Crippen molar-refractivity contribution in [3.05, 3.63) is 17.0 Å². The fourth-order valence-corrected chi connectivity index (χ4v) is 4.72. The van der Waals surface area contributed by atoms with E-state index in [9.17, 15) is 13.2 Å². The van der Waals surface area contributed by atoms with Gasteiger partial charge in [-0.25, -0.2) is 8.42 Å². The van der Waals surface area contributed by atoms with Crippen molar-refractivity contribution in [3.8, 4) is 0 Å². The lowest BCUT2D eigenvalue weighted by Gasteiger charge is -2.25. The molecule has 0 bridgehead atoms. The zero-order valence-corrected chi connectivity index (χ0v) is 14.4. The van der Waals surface area contributed by atoms with Crippen molar-refractivity contribution in [2.24, 2.45) is 11.8 Å². The summed E-state index contributed by atoms with van der Waals surface area (Å²) >= 11 is 1.16. The topological polar surface area (TPSA) is 63.2 Å². The molecule has 0 unspecified atom stereocenters. The number of carbonyl (C=O) groups is 1. The second-order valence-electron chi connectivity index (χ2n) is 5.66. The molecule has 1 amide bonds. The molecular formula is C14H20ClNO3S2. The molecule has 0 atom stereocenters. The van der Waals surface area contributed by atoms with E-state index in [0.717, 1.165) is 47.8 Å². The van der Waals surface area contributed by atoms with Crippen LogP contribution in [0.2, 0.25) is 0 Å². The van der Waals surface area contributed by atoms with E-state index in [1.54, 1.807) is 6.07 Å². The lowest BCUT2D eigenvalue weighted by molar-refractivity contribution is -0.126. The van der Waals surface area contributed by atoms with Gasteiger partial charge in [-0.3, -0.25) is 4.79 Å². The molecule has 118 valence electrons. The number of carbonyl (C=O) groups excluding carboxylic acids is 1. The van der Waals surface area contributed by atoms with Gasteiger partial charge in [-0.15, -0.1) is 11.3 Å². The molecule has 1 N–H and O–H groups in total. The number of hydrogen-bond acceptors (Lipinski definition) is 4. The van der Waals surface area contributed by atoms with Crippen LogP contribution >= 0.6 is 22.0 Å². The van der Waals surface area contributed by atoms with Gasteiger partial charge in [-0.2, -0.15) is 0 Å². The highest BCUT2D eigenvalue weighted by molar-refractivity contribution is 8.15. The van der Waals surface area contributed by atoms with Crippen molar-refractivity contribution < 1.29 is 13.2 Å². The van der Waals surface area contributed by atoms with E-state index in [1.165, 1.54) is 6.07 Å². The molecule has 0 saturated heterocycles. The van der Waals surface area contributed by atoms with Crippen LogP contribution in [0.5, 0.6) is 0 Å². The molecule has 21 heavy (non-hydrogen) atoms. The number of amides is 1. The molecule has 0 radical (unpaired) electrons. The van der Waals surface area contributed by atoms with Crippen LogP contribution < -0.4 is 5.32 Å². The van der Waals surface area contributed by atoms with Crippen LogP contribution in [0.4, 0.5) is 0 Å². The molecule has 1 aromatic heterocycles. The molecular weight excluding hydrogens is 330 g/mol. The predicted octanol–water partition coefficient (Wildman–Crippen LogP) is 3.16. The minimum absolute atomic E-state index is 0.128. The van der Waals surface area contributed by atoms with E-state index >= 15 is 0 Å². The summed E-state index contributed by atoms with van der Waals surface area (Å²) in [7, 11) is 1.64. The molecule has 1 aromatic rings. The highest BCUT2D eigenvalue weighted by atomic mass is 35.7. The van der Waals surface area contributed by atoms with Gasteiger partial charge in [-0.1, -0.05) is 6.92 Å². The minimum atomic E-state index is -3.64. The highest BCUT2D eigenvalue weighted by Gasteiger charge is 2.23. The summed E-state index contributed by atoms with van der Waals surface area (Å²) in [5, 5.41) is 2.95. The van der Waals surface area contributed by atoms with E-state index in [2.05, 4.69) is 12.2 Å². The summed E-state index contributed by atoms with van der Waals surface area (Å²) in [5.74, 6) is 1.00. The minimum Gasteiger partial charge on any atom is -0.356 e. The maximum Gasteiger partial charge on any atom is 0.270 e. The molecule has 2 rings (SSSR count). The zero-order chi connectivity index (χ0) is 15.5. The Labute approximate surface area is 134 Å². The number of halogens is 1. The lowest BCUT2D eigenvalue weighted by atomic mass is 9.82. The van der Waals surface area contributed by atoms with Crippen molar-refractivity contribution in [2.45, 2.75) is 43.2 Å². The first-order valence-electron chi connectivity index (χ1n) is 7.17. The predicted molar refractivity (Wildman–Crippen MR) is 85.2 cm³/mol. The van der Waals surface area contributed by atoms with Crippen molar-refractivity contribution in [3.63, 3.8) is 0 Å². The molecule has 4 nitrogen and oxygen atoms in total. The van der Waals surface area contributed by atoms with Gasteiger partial charge in [0.05, 0.1) is 0 Å². The van der Waals surface area contributed by atoms with Crippen LogP contribution in [0.1, 0.15) is 37.5 Å². The Bertz CT molecular complexity index is 589. The molecule has 1 aliphatic rings. The van der Waals surface area contributed by atoms with Gasteiger partial charge >= 0.3 is 0 Å². The third-order valence-corrected chi connectivity index (χ3v) is 7.17.